The minimum absolute atomic E-state index is 0.106. The Morgan fingerprint density at radius 2 is 1.74 bits per heavy atom. The van der Waals surface area contributed by atoms with E-state index in [1.807, 2.05) is 5.01 Å². The van der Waals surface area contributed by atoms with Crippen LogP contribution in [0.1, 0.15) is 32.1 Å². The molecule has 1 aliphatic heterocycles. The van der Waals surface area contributed by atoms with Crippen LogP contribution in [-0.2, 0) is 9.59 Å². The second-order valence-corrected chi connectivity index (χ2v) is 5.79. The number of hydrogen-bond acceptors (Lipinski definition) is 4. The van der Waals surface area contributed by atoms with E-state index in [9.17, 15) is 14.7 Å². The smallest absolute Gasteiger partial charge is 0.310 e. The molecule has 2 aliphatic rings. The highest BCUT2D eigenvalue weighted by molar-refractivity contribution is 5.84. The summed E-state index contributed by atoms with van der Waals surface area (Å²) in [4.78, 5) is 25.6. The van der Waals surface area contributed by atoms with Crippen LogP contribution in [0.15, 0.2) is 0 Å². The Labute approximate surface area is 113 Å². The van der Waals surface area contributed by atoms with Gasteiger partial charge in [0, 0.05) is 32.6 Å². The number of aliphatic carboxylic acids is 1. The highest BCUT2D eigenvalue weighted by Crippen LogP contribution is 2.41. The summed E-state index contributed by atoms with van der Waals surface area (Å²) in [5.41, 5.74) is 2.03. The van der Waals surface area contributed by atoms with Gasteiger partial charge in [-0.3, -0.25) is 15.0 Å². The van der Waals surface area contributed by atoms with Crippen molar-refractivity contribution in [2.75, 3.05) is 33.2 Å². The molecule has 2 rings (SSSR count). The first-order valence-corrected chi connectivity index (χ1v) is 6.98. The summed E-state index contributed by atoms with van der Waals surface area (Å²) in [5, 5.41) is 11.2. The van der Waals surface area contributed by atoms with Crippen LogP contribution in [0, 0.1) is 5.41 Å². The molecule has 0 bridgehead atoms. The van der Waals surface area contributed by atoms with Crippen molar-refractivity contribution in [2.24, 2.45) is 5.41 Å². The van der Waals surface area contributed by atoms with E-state index in [2.05, 4.69) is 17.4 Å². The molecule has 0 aromatic heterocycles. The number of carbonyl (C=O) groups is 2. The molecule has 0 unspecified atom stereocenters. The Hall–Kier alpha value is -1.14. The predicted octanol–water partition coefficient (Wildman–Crippen LogP) is 0.300. The fourth-order valence-electron chi connectivity index (χ4n) is 2.96. The summed E-state index contributed by atoms with van der Waals surface area (Å²) in [6, 6.07) is 0. The fraction of sp³-hybridized carbons (Fsp3) is 0.846. The van der Waals surface area contributed by atoms with Gasteiger partial charge in [0.25, 0.3) is 0 Å². The monoisotopic (exact) mass is 269 g/mol. The van der Waals surface area contributed by atoms with E-state index < -0.39 is 11.4 Å². The van der Waals surface area contributed by atoms with Crippen molar-refractivity contribution < 1.29 is 14.7 Å². The number of carboxylic acid groups (broad SMARTS) is 1. The minimum Gasteiger partial charge on any atom is -0.481 e. The van der Waals surface area contributed by atoms with E-state index in [1.54, 1.807) is 0 Å². The zero-order chi connectivity index (χ0) is 13.9. The molecule has 1 amide bonds. The lowest BCUT2D eigenvalue weighted by Gasteiger charge is -2.33. The molecule has 0 spiro atoms. The maximum absolute atomic E-state index is 12.0. The maximum atomic E-state index is 12.0. The summed E-state index contributed by atoms with van der Waals surface area (Å²) in [6.45, 7) is 3.43. The second kappa shape index (κ2) is 5.88. The molecule has 2 N–H and O–H groups in total. The van der Waals surface area contributed by atoms with Gasteiger partial charge in [-0.15, -0.1) is 0 Å². The van der Waals surface area contributed by atoms with E-state index in [1.165, 1.54) is 0 Å². The summed E-state index contributed by atoms with van der Waals surface area (Å²) < 4.78 is 0. The number of amides is 1. The number of rotatable bonds is 4. The first kappa shape index (κ1) is 14.3. The number of carbonyl (C=O) groups excluding carboxylic acids is 1. The van der Waals surface area contributed by atoms with Crippen LogP contribution in [0.25, 0.3) is 0 Å². The van der Waals surface area contributed by atoms with Crippen LogP contribution < -0.4 is 5.43 Å². The molecule has 0 radical (unpaired) electrons. The number of hydrazine groups is 1. The molecule has 1 saturated heterocycles. The van der Waals surface area contributed by atoms with Gasteiger partial charge in [0.1, 0.15) is 0 Å². The molecule has 1 heterocycles. The Morgan fingerprint density at radius 3 is 2.26 bits per heavy atom. The summed E-state index contributed by atoms with van der Waals surface area (Å²) in [5.74, 6) is -0.979. The molecule has 2 fully saturated rings. The van der Waals surface area contributed by atoms with E-state index in [0.717, 1.165) is 39.0 Å². The molecule has 6 nitrogen and oxygen atoms in total. The van der Waals surface area contributed by atoms with Gasteiger partial charge >= 0.3 is 5.97 Å². The average Bonchev–Trinajstić information content (AvgIpc) is 2.82. The van der Waals surface area contributed by atoms with Gasteiger partial charge in [0.15, 0.2) is 0 Å². The number of piperazine rings is 1. The molecule has 1 saturated carbocycles. The first-order valence-electron chi connectivity index (χ1n) is 6.98. The lowest BCUT2D eigenvalue weighted by Crippen LogP contribution is -2.53. The Kier molecular flexibility index (Phi) is 4.42. The van der Waals surface area contributed by atoms with Crippen molar-refractivity contribution in [3.8, 4) is 0 Å². The van der Waals surface area contributed by atoms with Gasteiger partial charge in [-0.05, 0) is 19.9 Å². The highest BCUT2D eigenvalue weighted by atomic mass is 16.4. The van der Waals surface area contributed by atoms with E-state index in [4.69, 9.17) is 0 Å². The van der Waals surface area contributed by atoms with Crippen LogP contribution >= 0.6 is 0 Å². The third-order valence-electron chi connectivity index (χ3n) is 4.30. The number of carboxylic acids is 1. The predicted molar refractivity (Wildman–Crippen MR) is 70.4 cm³/mol. The highest BCUT2D eigenvalue weighted by Gasteiger charge is 2.43. The molecule has 0 aromatic rings. The lowest BCUT2D eigenvalue weighted by atomic mass is 9.82. The lowest BCUT2D eigenvalue weighted by molar-refractivity contribution is -0.152. The minimum atomic E-state index is -0.823. The normalized spacial score (nSPS) is 24.3. The Bertz CT molecular complexity index is 345. The summed E-state index contributed by atoms with van der Waals surface area (Å²) in [7, 11) is 2.05. The topological polar surface area (TPSA) is 72.9 Å². The fourth-order valence-corrected chi connectivity index (χ4v) is 2.96. The SMILES string of the molecule is CN1CCN(NC(=O)CC2(C(=O)O)CCCC2)CC1. The summed E-state index contributed by atoms with van der Waals surface area (Å²) >= 11 is 0. The second-order valence-electron chi connectivity index (χ2n) is 5.79. The Morgan fingerprint density at radius 1 is 1.16 bits per heavy atom. The number of nitrogens with zero attached hydrogens (tertiary/aromatic N) is 2. The number of nitrogens with one attached hydrogen (secondary N) is 1. The average molecular weight is 269 g/mol. The quantitative estimate of drug-likeness (QED) is 0.768. The number of likely N-dealkylation sites (N-methyl/N-ethyl adjacent to an activating group) is 1. The van der Waals surface area contributed by atoms with Crippen LogP contribution in [0.2, 0.25) is 0 Å². The van der Waals surface area contributed by atoms with Gasteiger partial charge in [-0.1, -0.05) is 12.8 Å². The van der Waals surface area contributed by atoms with Crippen molar-refractivity contribution >= 4 is 11.9 Å². The van der Waals surface area contributed by atoms with Crippen LogP contribution in [0.5, 0.6) is 0 Å². The molecular formula is C13H23N3O3. The third-order valence-corrected chi connectivity index (χ3v) is 4.30. The number of hydrogen-bond donors (Lipinski definition) is 2. The largest absolute Gasteiger partial charge is 0.481 e. The molecule has 19 heavy (non-hydrogen) atoms. The van der Waals surface area contributed by atoms with Gasteiger partial charge in [0.05, 0.1) is 5.41 Å². The zero-order valence-electron chi connectivity index (χ0n) is 11.5. The molecular weight excluding hydrogens is 246 g/mol. The van der Waals surface area contributed by atoms with Crippen LogP contribution in [0.3, 0.4) is 0 Å². The first-order chi connectivity index (χ1) is 9.02. The molecule has 0 atom stereocenters. The van der Waals surface area contributed by atoms with Crippen LogP contribution in [-0.4, -0.2) is 60.1 Å². The standard InChI is InChI=1S/C13H23N3O3/c1-15-6-8-16(9-7-15)14-11(17)10-13(12(18)19)4-2-3-5-13/h2-10H2,1H3,(H,14,17)(H,18,19). The van der Waals surface area contributed by atoms with E-state index >= 15 is 0 Å². The zero-order valence-corrected chi connectivity index (χ0v) is 11.5. The van der Waals surface area contributed by atoms with Crippen molar-refractivity contribution in [2.45, 2.75) is 32.1 Å². The van der Waals surface area contributed by atoms with Crippen LogP contribution in [0.4, 0.5) is 0 Å². The molecule has 1 aliphatic carbocycles. The molecule has 108 valence electrons. The van der Waals surface area contributed by atoms with E-state index in [0.29, 0.717) is 12.8 Å². The van der Waals surface area contributed by atoms with Crippen molar-refractivity contribution in [3.63, 3.8) is 0 Å². The van der Waals surface area contributed by atoms with Crippen molar-refractivity contribution in [3.05, 3.63) is 0 Å². The third kappa shape index (κ3) is 3.45. The molecule has 0 aromatic carbocycles. The summed E-state index contributed by atoms with van der Waals surface area (Å²) in [6.07, 6.45) is 3.17. The van der Waals surface area contributed by atoms with Gasteiger partial charge in [-0.25, -0.2) is 5.01 Å². The van der Waals surface area contributed by atoms with Gasteiger partial charge in [0.2, 0.25) is 5.91 Å². The van der Waals surface area contributed by atoms with Crippen molar-refractivity contribution in [1.29, 1.82) is 0 Å². The van der Waals surface area contributed by atoms with Gasteiger partial charge < -0.3 is 10.0 Å². The van der Waals surface area contributed by atoms with Crippen molar-refractivity contribution in [1.82, 2.24) is 15.3 Å². The Balaban J connectivity index is 1.85. The molecule has 6 heteroatoms. The van der Waals surface area contributed by atoms with Gasteiger partial charge in [-0.2, -0.15) is 0 Å². The maximum Gasteiger partial charge on any atom is 0.310 e. The van der Waals surface area contributed by atoms with E-state index in [-0.39, 0.29) is 12.3 Å².